The Morgan fingerprint density at radius 3 is 2.69 bits per heavy atom. The third-order valence-electron chi connectivity index (χ3n) is 1.68. The Kier molecular flexibility index (Phi) is 4.02. The van der Waals surface area contributed by atoms with Crippen molar-refractivity contribution < 1.29 is 13.2 Å². The molecule has 0 aromatic carbocycles. The van der Waals surface area contributed by atoms with Crippen LogP contribution in [0.4, 0.5) is 19.0 Å². The summed E-state index contributed by atoms with van der Waals surface area (Å²) in [4.78, 5) is 3.45. The number of anilines is 1. The second kappa shape index (κ2) is 5.08. The minimum atomic E-state index is -4.51. The van der Waals surface area contributed by atoms with Crippen LogP contribution in [0.15, 0.2) is 12.3 Å². The number of alkyl halides is 4. The molecule has 0 aliphatic rings. The molecule has 1 heterocycles. The summed E-state index contributed by atoms with van der Waals surface area (Å²) in [6, 6.07) is 0.879. The fraction of sp³-hybridized carbons (Fsp3) is 0.300. The predicted molar refractivity (Wildman–Crippen MR) is 55.9 cm³/mol. The SMILES string of the molecule is Nc1ncc(C#CCCCl)cc1C(F)(F)F. The van der Waals surface area contributed by atoms with E-state index >= 15 is 0 Å². The van der Waals surface area contributed by atoms with Crippen LogP contribution in [0.25, 0.3) is 0 Å². The number of rotatable bonds is 1. The molecule has 0 amide bonds. The molecule has 2 N–H and O–H groups in total. The number of nitrogen functional groups attached to an aromatic ring is 1. The molecule has 6 heteroatoms. The van der Waals surface area contributed by atoms with Crippen molar-refractivity contribution in [2.75, 3.05) is 11.6 Å². The van der Waals surface area contributed by atoms with Gasteiger partial charge in [-0.1, -0.05) is 11.8 Å². The Morgan fingerprint density at radius 1 is 1.44 bits per heavy atom. The van der Waals surface area contributed by atoms with Crippen molar-refractivity contribution in [2.45, 2.75) is 12.6 Å². The van der Waals surface area contributed by atoms with E-state index in [2.05, 4.69) is 16.8 Å². The first-order chi connectivity index (χ1) is 7.45. The van der Waals surface area contributed by atoms with Gasteiger partial charge in [0.05, 0.1) is 5.56 Å². The van der Waals surface area contributed by atoms with Gasteiger partial charge >= 0.3 is 6.18 Å². The Balaban J connectivity index is 3.05. The largest absolute Gasteiger partial charge is 0.419 e. The number of hydrogen-bond acceptors (Lipinski definition) is 2. The third kappa shape index (κ3) is 3.31. The van der Waals surface area contributed by atoms with Crippen molar-refractivity contribution >= 4 is 17.4 Å². The average Bonchev–Trinajstić information content (AvgIpc) is 2.19. The molecule has 1 aromatic rings. The van der Waals surface area contributed by atoms with Gasteiger partial charge in [0.2, 0.25) is 0 Å². The molecular weight excluding hydrogens is 241 g/mol. The second-order valence-corrected chi connectivity index (χ2v) is 3.27. The highest BCUT2D eigenvalue weighted by atomic mass is 35.5. The van der Waals surface area contributed by atoms with Crippen LogP contribution in [0, 0.1) is 11.8 Å². The van der Waals surface area contributed by atoms with Crippen LogP contribution in [0.3, 0.4) is 0 Å². The summed E-state index contributed by atoms with van der Waals surface area (Å²) in [7, 11) is 0. The lowest BCUT2D eigenvalue weighted by Crippen LogP contribution is -2.10. The van der Waals surface area contributed by atoms with Gasteiger partial charge < -0.3 is 5.73 Å². The number of aromatic nitrogens is 1. The standard InChI is InChI=1S/C10H8ClF3N2/c11-4-2-1-3-7-5-8(10(12,13)14)9(15)16-6-7/h5-6H,2,4H2,(H2,15,16). The Morgan fingerprint density at radius 2 is 2.12 bits per heavy atom. The molecular formula is C10H8ClF3N2. The van der Waals surface area contributed by atoms with Crippen molar-refractivity contribution in [3.05, 3.63) is 23.4 Å². The van der Waals surface area contributed by atoms with E-state index in [1.807, 2.05) is 0 Å². The van der Waals surface area contributed by atoms with Crippen molar-refractivity contribution in [2.24, 2.45) is 0 Å². The van der Waals surface area contributed by atoms with Gasteiger partial charge in [0.15, 0.2) is 0 Å². The zero-order valence-electron chi connectivity index (χ0n) is 8.11. The molecule has 0 saturated carbocycles. The monoisotopic (exact) mass is 248 g/mol. The van der Waals surface area contributed by atoms with Crippen LogP contribution in [0.2, 0.25) is 0 Å². The van der Waals surface area contributed by atoms with Gasteiger partial charge in [-0.3, -0.25) is 0 Å². The van der Waals surface area contributed by atoms with Crippen molar-refractivity contribution in [3.63, 3.8) is 0 Å². The lowest BCUT2D eigenvalue weighted by Gasteiger charge is -2.08. The first-order valence-electron chi connectivity index (χ1n) is 4.32. The van der Waals surface area contributed by atoms with Gasteiger partial charge in [-0.05, 0) is 6.07 Å². The molecule has 0 saturated heterocycles. The molecule has 0 atom stereocenters. The summed E-state index contributed by atoms with van der Waals surface area (Å²) in [5.41, 5.74) is 4.34. The minimum absolute atomic E-state index is 0.173. The molecule has 2 nitrogen and oxygen atoms in total. The van der Waals surface area contributed by atoms with Crippen molar-refractivity contribution in [3.8, 4) is 11.8 Å². The molecule has 0 fully saturated rings. The van der Waals surface area contributed by atoms with E-state index < -0.39 is 17.6 Å². The molecule has 0 unspecified atom stereocenters. The number of pyridine rings is 1. The molecule has 0 spiro atoms. The van der Waals surface area contributed by atoms with Gasteiger partial charge in [0.1, 0.15) is 5.82 Å². The Hall–Kier alpha value is -1.41. The lowest BCUT2D eigenvalue weighted by atomic mass is 10.2. The van der Waals surface area contributed by atoms with Crippen molar-refractivity contribution in [1.82, 2.24) is 4.98 Å². The quantitative estimate of drug-likeness (QED) is 0.613. The lowest BCUT2D eigenvalue weighted by molar-refractivity contribution is -0.137. The second-order valence-electron chi connectivity index (χ2n) is 2.90. The third-order valence-corrected chi connectivity index (χ3v) is 1.87. The molecule has 0 aliphatic carbocycles. The maximum absolute atomic E-state index is 12.4. The van der Waals surface area contributed by atoms with Gasteiger partial charge in [0, 0.05) is 24.1 Å². The van der Waals surface area contributed by atoms with Crippen molar-refractivity contribution in [1.29, 1.82) is 0 Å². The molecule has 0 bridgehead atoms. The van der Waals surface area contributed by atoms with Crippen LogP contribution in [0.1, 0.15) is 17.5 Å². The molecule has 16 heavy (non-hydrogen) atoms. The first kappa shape index (κ1) is 12.7. The Bertz CT molecular complexity index is 432. The van der Waals surface area contributed by atoms with Crippen LogP contribution < -0.4 is 5.73 Å². The van der Waals surface area contributed by atoms with Gasteiger partial charge in [-0.15, -0.1) is 11.6 Å². The molecule has 1 rings (SSSR count). The summed E-state index contributed by atoms with van der Waals surface area (Å²) in [5, 5.41) is 0. The fourth-order valence-corrected chi connectivity index (χ4v) is 1.08. The summed E-state index contributed by atoms with van der Waals surface area (Å²) >= 11 is 5.38. The highest BCUT2D eigenvalue weighted by Gasteiger charge is 2.33. The van der Waals surface area contributed by atoms with E-state index in [1.165, 1.54) is 6.20 Å². The highest BCUT2D eigenvalue weighted by Crippen LogP contribution is 2.32. The molecule has 86 valence electrons. The van der Waals surface area contributed by atoms with E-state index in [0.717, 1.165) is 6.07 Å². The molecule has 0 aliphatic heterocycles. The number of nitrogens with zero attached hydrogens (tertiary/aromatic N) is 1. The Labute approximate surface area is 95.6 Å². The molecule has 0 radical (unpaired) electrons. The van der Waals surface area contributed by atoms with E-state index in [9.17, 15) is 13.2 Å². The maximum atomic E-state index is 12.4. The predicted octanol–water partition coefficient (Wildman–Crippen LogP) is 2.66. The molecule has 1 aromatic heterocycles. The number of hydrogen-bond donors (Lipinski definition) is 1. The first-order valence-corrected chi connectivity index (χ1v) is 4.86. The maximum Gasteiger partial charge on any atom is 0.419 e. The van der Waals surface area contributed by atoms with E-state index in [-0.39, 0.29) is 5.56 Å². The fourth-order valence-electron chi connectivity index (χ4n) is 0.983. The average molecular weight is 249 g/mol. The summed E-state index contributed by atoms with van der Waals surface area (Å²) in [6.45, 7) is 0. The zero-order valence-corrected chi connectivity index (χ0v) is 8.86. The number of halogens is 4. The summed E-state index contributed by atoms with van der Waals surface area (Å²) < 4.78 is 37.3. The zero-order chi connectivity index (χ0) is 12.2. The minimum Gasteiger partial charge on any atom is -0.383 e. The normalized spacial score (nSPS) is 10.8. The highest BCUT2D eigenvalue weighted by molar-refractivity contribution is 6.18. The van der Waals surface area contributed by atoms with Crippen LogP contribution in [-0.2, 0) is 6.18 Å². The van der Waals surface area contributed by atoms with Gasteiger partial charge in [0.25, 0.3) is 0 Å². The summed E-state index contributed by atoms with van der Waals surface area (Å²) in [5.74, 6) is 4.94. The smallest absolute Gasteiger partial charge is 0.383 e. The van der Waals surface area contributed by atoms with Crippen LogP contribution >= 0.6 is 11.6 Å². The van der Waals surface area contributed by atoms with Crippen LogP contribution in [-0.4, -0.2) is 10.9 Å². The van der Waals surface area contributed by atoms with E-state index in [0.29, 0.717) is 12.3 Å². The van der Waals surface area contributed by atoms with E-state index in [1.54, 1.807) is 0 Å². The van der Waals surface area contributed by atoms with E-state index in [4.69, 9.17) is 17.3 Å². The summed E-state index contributed by atoms with van der Waals surface area (Å²) in [6.07, 6.45) is -2.90. The topological polar surface area (TPSA) is 38.9 Å². The number of nitrogens with two attached hydrogens (primary N) is 1. The van der Waals surface area contributed by atoms with Gasteiger partial charge in [-0.25, -0.2) is 4.98 Å². The van der Waals surface area contributed by atoms with Crippen LogP contribution in [0.5, 0.6) is 0 Å². The van der Waals surface area contributed by atoms with Gasteiger partial charge in [-0.2, -0.15) is 13.2 Å².